The number of azo groups is 1. The summed E-state index contributed by atoms with van der Waals surface area (Å²) in [7, 11) is -4.60. The smallest absolute Gasteiger partial charge is 0.744 e. The molecule has 2 aromatic carbocycles. The van der Waals surface area contributed by atoms with Gasteiger partial charge in [0.25, 0.3) is 5.91 Å². The van der Waals surface area contributed by atoms with Crippen molar-refractivity contribution in [3.05, 3.63) is 54.1 Å². The van der Waals surface area contributed by atoms with Crippen molar-refractivity contribution in [2.45, 2.75) is 17.9 Å². The number of hydrogen-bond acceptors (Lipinski definition) is 9. The third-order valence-electron chi connectivity index (χ3n) is 3.87. The number of aromatic carboxylic acids is 1. The summed E-state index contributed by atoms with van der Waals surface area (Å²) in [5, 5.41) is 23.9. The van der Waals surface area contributed by atoms with Gasteiger partial charge in [-0.05, 0) is 37.3 Å². The number of nitrogens with zero attached hydrogens (tertiary/aromatic N) is 4. The first-order chi connectivity index (χ1) is 13.2. The van der Waals surface area contributed by atoms with Crippen molar-refractivity contribution in [1.82, 2.24) is 0 Å². The van der Waals surface area contributed by atoms with E-state index >= 15 is 0 Å². The molecule has 3 rings (SSSR count). The van der Waals surface area contributed by atoms with Gasteiger partial charge in [-0.3, -0.25) is 4.79 Å². The van der Waals surface area contributed by atoms with E-state index in [0.717, 1.165) is 17.1 Å². The Morgan fingerprint density at radius 3 is 2.34 bits per heavy atom. The average Bonchev–Trinajstić information content (AvgIpc) is 2.93. The molecule has 10 nitrogen and oxygen atoms in total. The quantitative estimate of drug-likeness (QED) is 0.306. The van der Waals surface area contributed by atoms with Crippen LogP contribution in [0.15, 0.2) is 68.8 Å². The minimum Gasteiger partial charge on any atom is -0.744 e. The van der Waals surface area contributed by atoms with E-state index in [-0.39, 0.29) is 65.8 Å². The Morgan fingerprint density at radius 2 is 1.76 bits per heavy atom. The molecule has 0 spiro atoms. The number of carboxylic acids is 1. The van der Waals surface area contributed by atoms with E-state index in [1.807, 2.05) is 0 Å². The van der Waals surface area contributed by atoms with Gasteiger partial charge in [0.15, 0.2) is 6.04 Å². The van der Waals surface area contributed by atoms with Crippen LogP contribution in [-0.2, 0) is 14.9 Å². The number of carbonyl (C=O) groups is 2. The molecule has 1 heterocycles. The van der Waals surface area contributed by atoms with Gasteiger partial charge in [0.2, 0.25) is 0 Å². The van der Waals surface area contributed by atoms with E-state index in [9.17, 15) is 27.7 Å². The third kappa shape index (κ3) is 5.19. The first-order valence-electron chi connectivity index (χ1n) is 7.85. The Labute approximate surface area is 206 Å². The van der Waals surface area contributed by atoms with E-state index in [1.54, 1.807) is 13.0 Å². The Balaban J connectivity index is 0.00000300. The van der Waals surface area contributed by atoms with Crippen LogP contribution in [0, 0.1) is 0 Å². The first-order valence-corrected chi connectivity index (χ1v) is 9.25. The van der Waals surface area contributed by atoms with Crippen molar-refractivity contribution in [3.8, 4) is 0 Å². The Morgan fingerprint density at radius 1 is 1.14 bits per heavy atom. The van der Waals surface area contributed by atoms with Crippen molar-refractivity contribution < 1.29 is 27.7 Å². The molecule has 0 saturated heterocycles. The fraction of sp³-hybridized carbons (Fsp3) is 0.118. The normalized spacial score (nSPS) is 16.6. The van der Waals surface area contributed by atoms with Crippen molar-refractivity contribution in [2.24, 2.45) is 15.3 Å². The second-order valence-corrected chi connectivity index (χ2v) is 7.14. The zero-order chi connectivity index (χ0) is 20.5. The van der Waals surface area contributed by atoms with Crippen molar-refractivity contribution in [3.63, 3.8) is 0 Å². The summed E-state index contributed by atoms with van der Waals surface area (Å²) >= 11 is 0. The van der Waals surface area contributed by atoms with Gasteiger partial charge in [0, 0.05) is 5.56 Å². The van der Waals surface area contributed by atoms with Gasteiger partial charge >= 0.3 is 48.9 Å². The number of amides is 1. The fourth-order valence-electron chi connectivity index (χ4n) is 2.48. The summed E-state index contributed by atoms with van der Waals surface area (Å²) < 4.78 is 33.0. The zero-order valence-corrected chi connectivity index (χ0v) is 20.3. The first kappa shape index (κ1) is 23.4. The van der Waals surface area contributed by atoms with Crippen molar-refractivity contribution in [2.75, 3.05) is 5.01 Å². The number of hydrogen-bond donors (Lipinski definition) is 0. The molecule has 0 fully saturated rings. The summed E-state index contributed by atoms with van der Waals surface area (Å²) in [4.78, 5) is 23.3. The summed E-state index contributed by atoms with van der Waals surface area (Å²) in [5.74, 6) is -1.99. The molecule has 1 aliphatic heterocycles. The molecule has 0 bridgehead atoms. The standard InChI is InChI=1S/C17H14N4O6S.Ba/c1-10-15(19-18-14-5-3-2-4-13(14)17(23)24)16(22)21(20-10)11-6-8-12(9-7-11)28(25,26)27;/h2-9,15H,1H3,(H,23,24)(H,25,26,27);/q;+2/p-2. The van der Waals surface area contributed by atoms with Gasteiger partial charge in [-0.2, -0.15) is 20.3 Å². The fourth-order valence-corrected chi connectivity index (χ4v) is 2.95. The Hall–Kier alpha value is -1.87. The van der Waals surface area contributed by atoms with Crippen LogP contribution in [0.5, 0.6) is 0 Å². The third-order valence-corrected chi connectivity index (χ3v) is 4.72. The molecule has 2 aromatic rings. The van der Waals surface area contributed by atoms with Gasteiger partial charge in [0.1, 0.15) is 10.1 Å². The monoisotopic (exact) mass is 538 g/mol. The zero-order valence-electron chi connectivity index (χ0n) is 15.0. The number of rotatable bonds is 5. The van der Waals surface area contributed by atoms with Crippen LogP contribution in [-0.4, -0.2) is 85.5 Å². The van der Waals surface area contributed by atoms with Crippen LogP contribution < -0.4 is 10.1 Å². The predicted octanol–water partition coefficient (Wildman–Crippen LogP) is 0.448. The molecule has 1 unspecified atom stereocenters. The number of anilines is 1. The molecular formula is C17H12BaN4O6S. The van der Waals surface area contributed by atoms with Crippen molar-refractivity contribution in [1.29, 1.82) is 0 Å². The van der Waals surface area contributed by atoms with Crippen LogP contribution in [0.3, 0.4) is 0 Å². The molecule has 29 heavy (non-hydrogen) atoms. The second-order valence-electron chi connectivity index (χ2n) is 5.76. The topological polar surface area (TPSA) is 155 Å². The molecule has 0 aliphatic carbocycles. The van der Waals surface area contributed by atoms with E-state index < -0.39 is 32.9 Å². The molecule has 0 aromatic heterocycles. The maximum Gasteiger partial charge on any atom is 2.00 e. The van der Waals surface area contributed by atoms with Gasteiger partial charge in [-0.1, -0.05) is 18.2 Å². The number of hydrazone groups is 1. The van der Waals surface area contributed by atoms with Gasteiger partial charge in [0.05, 0.1) is 28.0 Å². The number of carbonyl (C=O) groups excluding carboxylic acids is 2. The van der Waals surface area contributed by atoms with E-state index in [4.69, 9.17) is 0 Å². The Bertz CT molecular complexity index is 1110. The van der Waals surface area contributed by atoms with Crippen LogP contribution in [0.2, 0.25) is 0 Å². The largest absolute Gasteiger partial charge is 2.00 e. The summed E-state index contributed by atoms with van der Waals surface area (Å²) in [6, 6.07) is 9.40. The van der Waals surface area contributed by atoms with Crippen LogP contribution in [0.4, 0.5) is 11.4 Å². The van der Waals surface area contributed by atoms with Gasteiger partial charge < -0.3 is 14.5 Å². The summed E-state index contributed by atoms with van der Waals surface area (Å²) in [5.41, 5.74) is 0.411. The molecule has 1 amide bonds. The minimum atomic E-state index is -4.60. The van der Waals surface area contributed by atoms with E-state index in [2.05, 4.69) is 15.3 Å². The molecule has 0 radical (unpaired) electrons. The van der Waals surface area contributed by atoms with Gasteiger partial charge in [-0.15, -0.1) is 0 Å². The molecule has 0 saturated carbocycles. The average molecular weight is 538 g/mol. The second kappa shape index (κ2) is 9.30. The van der Waals surface area contributed by atoms with Crippen LogP contribution in [0.25, 0.3) is 0 Å². The molecule has 12 heteroatoms. The maximum absolute atomic E-state index is 12.6. The van der Waals surface area contributed by atoms with Crippen molar-refractivity contribution >= 4 is 88.0 Å². The molecule has 1 atom stereocenters. The maximum atomic E-state index is 12.6. The molecule has 144 valence electrons. The molecule has 0 N–H and O–H groups in total. The predicted molar refractivity (Wildman–Crippen MR) is 99.8 cm³/mol. The van der Waals surface area contributed by atoms with Crippen LogP contribution in [0.1, 0.15) is 17.3 Å². The Kier molecular flexibility index (Phi) is 7.51. The van der Waals surface area contributed by atoms with Crippen LogP contribution >= 0.6 is 0 Å². The van der Waals surface area contributed by atoms with E-state index in [0.29, 0.717) is 5.71 Å². The minimum absolute atomic E-state index is 0. The number of carboxylic acid groups (broad SMARTS) is 1. The van der Waals surface area contributed by atoms with Gasteiger partial charge in [-0.25, -0.2) is 8.42 Å². The van der Waals surface area contributed by atoms with E-state index in [1.165, 1.54) is 30.3 Å². The number of benzene rings is 2. The molecule has 1 aliphatic rings. The summed E-state index contributed by atoms with van der Waals surface area (Å²) in [6.45, 7) is 1.54. The SMILES string of the molecule is CC1=NN(c2ccc(S(=O)(=O)[O-])cc2)C(=O)C1N=Nc1ccccc1C(=O)[O-].[Ba+2]. The summed E-state index contributed by atoms with van der Waals surface area (Å²) in [6.07, 6.45) is 0. The molecular weight excluding hydrogens is 526 g/mol.